The first kappa shape index (κ1) is 14.5. The highest BCUT2D eigenvalue weighted by Crippen LogP contribution is 2.28. The Hall–Kier alpha value is -3.14. The molecule has 4 aromatic rings. The zero-order valence-corrected chi connectivity index (χ0v) is 13.1. The number of rotatable bonds is 3. The molecule has 0 atom stereocenters. The summed E-state index contributed by atoms with van der Waals surface area (Å²) in [5.41, 5.74) is 4.99. The molecule has 2 aromatic carbocycles. The van der Waals surface area contributed by atoms with Crippen molar-refractivity contribution in [3.8, 4) is 28.3 Å². The average Bonchev–Trinajstić information content (AvgIpc) is 3.26. The van der Waals surface area contributed by atoms with Gasteiger partial charge in [-0.05, 0) is 66.1 Å². The second kappa shape index (κ2) is 5.81. The molecule has 4 heteroatoms. The van der Waals surface area contributed by atoms with Crippen LogP contribution >= 0.6 is 0 Å². The Morgan fingerprint density at radius 2 is 1.75 bits per heavy atom. The lowest BCUT2D eigenvalue weighted by Crippen LogP contribution is -2.01. The van der Waals surface area contributed by atoms with E-state index in [2.05, 4.69) is 11.2 Å². The van der Waals surface area contributed by atoms with Crippen LogP contribution in [-0.4, -0.2) is 9.78 Å². The minimum absolute atomic E-state index is 0.230. The van der Waals surface area contributed by atoms with Crippen molar-refractivity contribution in [2.45, 2.75) is 6.92 Å². The summed E-state index contributed by atoms with van der Waals surface area (Å²) < 4.78 is 20.4. The Morgan fingerprint density at radius 3 is 2.46 bits per heavy atom. The van der Waals surface area contributed by atoms with Gasteiger partial charge < -0.3 is 4.42 Å². The van der Waals surface area contributed by atoms with Crippen LogP contribution < -0.4 is 0 Å². The summed E-state index contributed by atoms with van der Waals surface area (Å²) in [4.78, 5) is 0. The third kappa shape index (κ3) is 2.52. The van der Waals surface area contributed by atoms with E-state index >= 15 is 0 Å². The maximum absolute atomic E-state index is 13.1. The van der Waals surface area contributed by atoms with Gasteiger partial charge in [0.05, 0.1) is 18.1 Å². The van der Waals surface area contributed by atoms with Gasteiger partial charge in [-0.1, -0.05) is 18.2 Å². The van der Waals surface area contributed by atoms with Crippen LogP contribution in [-0.2, 0) is 0 Å². The highest BCUT2D eigenvalue weighted by atomic mass is 19.1. The topological polar surface area (TPSA) is 31.0 Å². The van der Waals surface area contributed by atoms with Crippen molar-refractivity contribution in [2.24, 2.45) is 0 Å². The SMILES string of the molecule is Cc1cc(-c2ccc(F)cc2)ccc1-n1nccc1-c1ccco1. The van der Waals surface area contributed by atoms with Crippen LogP contribution in [0.1, 0.15) is 5.56 Å². The molecule has 0 saturated carbocycles. The predicted octanol–water partition coefficient (Wildman–Crippen LogP) is 5.25. The number of aryl methyl sites for hydroxylation is 1. The molecule has 0 spiro atoms. The molecule has 0 fully saturated rings. The van der Waals surface area contributed by atoms with Crippen molar-refractivity contribution in [3.63, 3.8) is 0 Å². The third-order valence-electron chi connectivity index (χ3n) is 4.02. The van der Waals surface area contributed by atoms with Gasteiger partial charge in [-0.25, -0.2) is 9.07 Å². The molecular formula is C20H15FN2O. The number of benzene rings is 2. The van der Waals surface area contributed by atoms with Gasteiger partial charge in [0.25, 0.3) is 0 Å². The maximum atomic E-state index is 13.1. The molecule has 0 radical (unpaired) electrons. The lowest BCUT2D eigenvalue weighted by Gasteiger charge is -2.11. The Kier molecular flexibility index (Phi) is 3.50. The highest BCUT2D eigenvalue weighted by molar-refractivity contribution is 5.67. The Balaban J connectivity index is 1.76. The van der Waals surface area contributed by atoms with Gasteiger partial charge in [0.15, 0.2) is 5.76 Å². The van der Waals surface area contributed by atoms with Gasteiger partial charge in [-0.15, -0.1) is 0 Å². The number of nitrogens with zero attached hydrogens (tertiary/aromatic N) is 2. The number of furan rings is 1. The Bertz CT molecular complexity index is 969. The van der Waals surface area contributed by atoms with Gasteiger partial charge in [0, 0.05) is 0 Å². The van der Waals surface area contributed by atoms with Crippen molar-refractivity contribution in [1.82, 2.24) is 9.78 Å². The van der Waals surface area contributed by atoms with Crippen LogP contribution in [0.5, 0.6) is 0 Å². The van der Waals surface area contributed by atoms with E-state index in [4.69, 9.17) is 4.42 Å². The number of halogens is 1. The van der Waals surface area contributed by atoms with Crippen molar-refractivity contribution in [2.75, 3.05) is 0 Å². The summed E-state index contributed by atoms with van der Waals surface area (Å²) in [7, 11) is 0. The zero-order chi connectivity index (χ0) is 16.5. The fraction of sp³-hybridized carbons (Fsp3) is 0.0500. The summed E-state index contributed by atoms with van der Waals surface area (Å²) in [6.45, 7) is 2.04. The average molecular weight is 318 g/mol. The molecule has 0 saturated heterocycles. The van der Waals surface area contributed by atoms with E-state index in [9.17, 15) is 4.39 Å². The first-order chi connectivity index (χ1) is 11.7. The molecule has 0 aliphatic carbocycles. The fourth-order valence-corrected chi connectivity index (χ4v) is 2.82. The smallest absolute Gasteiger partial charge is 0.152 e. The van der Waals surface area contributed by atoms with E-state index in [1.807, 2.05) is 41.9 Å². The molecule has 0 aliphatic rings. The summed E-state index contributed by atoms with van der Waals surface area (Å²) in [5.74, 6) is 0.543. The first-order valence-corrected chi connectivity index (χ1v) is 7.67. The predicted molar refractivity (Wildman–Crippen MR) is 91.4 cm³/mol. The van der Waals surface area contributed by atoms with Crippen LogP contribution in [0, 0.1) is 12.7 Å². The van der Waals surface area contributed by atoms with Gasteiger partial charge in [-0.3, -0.25) is 0 Å². The van der Waals surface area contributed by atoms with E-state index in [1.54, 1.807) is 24.6 Å². The van der Waals surface area contributed by atoms with E-state index in [-0.39, 0.29) is 5.82 Å². The van der Waals surface area contributed by atoms with E-state index < -0.39 is 0 Å². The molecule has 0 N–H and O–H groups in total. The van der Waals surface area contributed by atoms with Crippen molar-refractivity contribution in [3.05, 3.63) is 84.5 Å². The van der Waals surface area contributed by atoms with Gasteiger partial charge in [0.1, 0.15) is 11.5 Å². The van der Waals surface area contributed by atoms with Crippen LogP contribution in [0.2, 0.25) is 0 Å². The van der Waals surface area contributed by atoms with E-state index in [1.165, 1.54) is 12.1 Å². The van der Waals surface area contributed by atoms with Crippen LogP contribution in [0.4, 0.5) is 4.39 Å². The molecule has 0 bridgehead atoms. The second-order valence-electron chi connectivity index (χ2n) is 5.61. The van der Waals surface area contributed by atoms with E-state index in [0.717, 1.165) is 33.8 Å². The van der Waals surface area contributed by atoms with Crippen LogP contribution in [0.15, 0.2) is 77.5 Å². The number of hydrogen-bond acceptors (Lipinski definition) is 2. The van der Waals surface area contributed by atoms with Crippen LogP contribution in [0.25, 0.3) is 28.3 Å². The van der Waals surface area contributed by atoms with Gasteiger partial charge in [-0.2, -0.15) is 5.10 Å². The molecule has 24 heavy (non-hydrogen) atoms. The van der Waals surface area contributed by atoms with Crippen molar-refractivity contribution < 1.29 is 8.81 Å². The molecule has 4 rings (SSSR count). The molecule has 0 unspecified atom stereocenters. The standard InChI is InChI=1S/C20H15FN2O/c1-14-13-16(15-4-7-17(21)8-5-15)6-9-18(14)23-19(10-11-22-23)20-3-2-12-24-20/h2-13H,1H3. The lowest BCUT2D eigenvalue weighted by atomic mass is 10.0. The summed E-state index contributed by atoms with van der Waals surface area (Å²) in [5, 5.41) is 4.42. The van der Waals surface area contributed by atoms with Crippen molar-refractivity contribution >= 4 is 0 Å². The molecule has 3 nitrogen and oxygen atoms in total. The largest absolute Gasteiger partial charge is 0.463 e. The lowest BCUT2D eigenvalue weighted by molar-refractivity contribution is 0.577. The minimum atomic E-state index is -0.230. The van der Waals surface area contributed by atoms with E-state index in [0.29, 0.717) is 0 Å². The normalized spacial score (nSPS) is 10.9. The van der Waals surface area contributed by atoms with Crippen LogP contribution in [0.3, 0.4) is 0 Å². The Labute approximate surface area is 139 Å². The second-order valence-corrected chi connectivity index (χ2v) is 5.61. The quantitative estimate of drug-likeness (QED) is 0.517. The molecule has 0 amide bonds. The zero-order valence-electron chi connectivity index (χ0n) is 13.1. The molecule has 2 aromatic heterocycles. The summed E-state index contributed by atoms with van der Waals surface area (Å²) in [6.07, 6.45) is 3.41. The molecule has 0 aliphatic heterocycles. The summed E-state index contributed by atoms with van der Waals surface area (Å²) >= 11 is 0. The third-order valence-corrected chi connectivity index (χ3v) is 4.02. The van der Waals surface area contributed by atoms with Gasteiger partial charge >= 0.3 is 0 Å². The Morgan fingerprint density at radius 1 is 0.958 bits per heavy atom. The first-order valence-electron chi connectivity index (χ1n) is 7.67. The fourth-order valence-electron chi connectivity index (χ4n) is 2.82. The maximum Gasteiger partial charge on any atom is 0.152 e. The van der Waals surface area contributed by atoms with Gasteiger partial charge in [0.2, 0.25) is 0 Å². The number of hydrogen-bond donors (Lipinski definition) is 0. The highest BCUT2D eigenvalue weighted by Gasteiger charge is 2.12. The molecule has 2 heterocycles. The molecular weight excluding hydrogens is 303 g/mol. The summed E-state index contributed by atoms with van der Waals surface area (Å²) in [6, 6.07) is 18.3. The number of aromatic nitrogens is 2. The molecule has 118 valence electrons. The monoisotopic (exact) mass is 318 g/mol. The van der Waals surface area contributed by atoms with Crippen molar-refractivity contribution in [1.29, 1.82) is 0 Å². The minimum Gasteiger partial charge on any atom is -0.463 e.